The van der Waals surface area contributed by atoms with Gasteiger partial charge in [0.15, 0.2) is 0 Å². The quantitative estimate of drug-likeness (QED) is 0.507. The lowest BCUT2D eigenvalue weighted by molar-refractivity contribution is -0.130. The van der Waals surface area contributed by atoms with Crippen molar-refractivity contribution < 1.29 is 4.79 Å². The molecular formula is C30H43NO. The van der Waals surface area contributed by atoms with Crippen molar-refractivity contribution in [2.45, 2.75) is 84.0 Å². The van der Waals surface area contributed by atoms with Crippen molar-refractivity contribution in [2.75, 3.05) is 13.1 Å². The molecule has 1 heterocycles. The van der Waals surface area contributed by atoms with E-state index in [0.29, 0.717) is 11.3 Å². The second-order valence-electron chi connectivity index (χ2n) is 12.7. The van der Waals surface area contributed by atoms with E-state index in [9.17, 15) is 4.79 Å². The first kappa shape index (κ1) is 21.2. The number of benzene rings is 1. The molecule has 4 saturated carbocycles. The largest absolute Gasteiger partial charge is 0.342 e. The Hall–Kier alpha value is -1.31. The summed E-state index contributed by atoms with van der Waals surface area (Å²) < 4.78 is 0. The smallest absolute Gasteiger partial charge is 0.230 e. The zero-order valence-corrected chi connectivity index (χ0v) is 20.3. The fraction of sp³-hybridized carbons (Fsp3) is 0.767. The highest BCUT2D eigenvalue weighted by atomic mass is 16.2. The van der Waals surface area contributed by atoms with Crippen LogP contribution >= 0.6 is 0 Å². The molecule has 9 unspecified atom stereocenters. The topological polar surface area (TPSA) is 20.3 Å². The van der Waals surface area contributed by atoms with Gasteiger partial charge in [0.1, 0.15) is 0 Å². The fourth-order valence-electron chi connectivity index (χ4n) is 9.68. The third-order valence-corrected chi connectivity index (χ3v) is 11.4. The minimum absolute atomic E-state index is 0.0981. The van der Waals surface area contributed by atoms with Crippen molar-refractivity contribution in [2.24, 2.45) is 46.8 Å². The van der Waals surface area contributed by atoms with Crippen molar-refractivity contribution in [1.29, 1.82) is 0 Å². The molecule has 0 N–H and O–H groups in total. The van der Waals surface area contributed by atoms with Gasteiger partial charge in [-0.3, -0.25) is 4.79 Å². The van der Waals surface area contributed by atoms with Crippen LogP contribution in [0.5, 0.6) is 0 Å². The van der Waals surface area contributed by atoms with E-state index < -0.39 is 0 Å². The number of carbonyl (C=O) groups excluding carboxylic acids is 1. The molecule has 5 fully saturated rings. The zero-order valence-electron chi connectivity index (χ0n) is 20.3. The monoisotopic (exact) mass is 433 g/mol. The van der Waals surface area contributed by atoms with Gasteiger partial charge in [0.2, 0.25) is 5.91 Å². The van der Waals surface area contributed by atoms with Gasteiger partial charge in [-0.15, -0.1) is 0 Å². The second-order valence-corrected chi connectivity index (χ2v) is 12.7. The summed E-state index contributed by atoms with van der Waals surface area (Å²) in [6.07, 6.45) is 14.2. The summed E-state index contributed by atoms with van der Waals surface area (Å²) in [4.78, 5) is 15.5. The molecule has 32 heavy (non-hydrogen) atoms. The molecule has 1 aromatic carbocycles. The molecule has 2 heteroatoms. The number of hydrogen-bond acceptors (Lipinski definition) is 1. The van der Waals surface area contributed by atoms with Gasteiger partial charge in [0.25, 0.3) is 0 Å². The summed E-state index contributed by atoms with van der Waals surface area (Å²) in [5, 5.41) is 0. The van der Waals surface area contributed by atoms with Crippen LogP contribution in [0.2, 0.25) is 0 Å². The van der Waals surface area contributed by atoms with E-state index in [1.807, 2.05) is 0 Å². The Morgan fingerprint density at radius 3 is 2.56 bits per heavy atom. The molecule has 0 aromatic heterocycles. The van der Waals surface area contributed by atoms with E-state index in [2.05, 4.69) is 49.1 Å². The van der Waals surface area contributed by atoms with Gasteiger partial charge in [-0.2, -0.15) is 0 Å². The standard InChI is InChI=1S/C30H43NO/c1-20-8-11-24-22(18-20)9-12-27-26(24)14-16-30(2)23(10-13-28(27)30)19-31-17-15-25(29(31)32)21-6-4-3-5-7-21/h3-7,20,22-28H,8-19H2,1-2H3. The third-order valence-electron chi connectivity index (χ3n) is 11.4. The number of fused-ring (bicyclic) bond motifs is 5. The minimum Gasteiger partial charge on any atom is -0.342 e. The number of likely N-dealkylation sites (tertiary alicyclic amines) is 1. The number of rotatable bonds is 3. The molecule has 0 bridgehead atoms. The summed E-state index contributed by atoms with van der Waals surface area (Å²) in [5.74, 6) is 7.20. The van der Waals surface area contributed by atoms with E-state index in [0.717, 1.165) is 60.9 Å². The Labute approximate surface area is 195 Å². The Kier molecular flexibility index (Phi) is 5.42. The summed E-state index contributed by atoms with van der Waals surface area (Å²) in [6.45, 7) is 7.11. The van der Waals surface area contributed by atoms with Crippen LogP contribution in [0.25, 0.3) is 0 Å². The molecule has 1 amide bonds. The maximum atomic E-state index is 13.3. The molecule has 174 valence electrons. The molecule has 2 nitrogen and oxygen atoms in total. The van der Waals surface area contributed by atoms with Gasteiger partial charge in [0.05, 0.1) is 5.92 Å². The first-order valence-corrected chi connectivity index (χ1v) is 13.9. The number of carbonyl (C=O) groups is 1. The molecule has 1 aromatic rings. The first-order valence-electron chi connectivity index (χ1n) is 13.9. The molecule has 6 rings (SSSR count). The van der Waals surface area contributed by atoms with Gasteiger partial charge < -0.3 is 4.90 Å². The van der Waals surface area contributed by atoms with Crippen LogP contribution in [0.3, 0.4) is 0 Å². The van der Waals surface area contributed by atoms with E-state index >= 15 is 0 Å². The fourth-order valence-corrected chi connectivity index (χ4v) is 9.68. The van der Waals surface area contributed by atoms with Gasteiger partial charge >= 0.3 is 0 Å². The number of hydrogen-bond donors (Lipinski definition) is 0. The minimum atomic E-state index is 0.0981. The van der Waals surface area contributed by atoms with Crippen LogP contribution in [-0.4, -0.2) is 23.9 Å². The number of nitrogens with zero attached hydrogens (tertiary/aromatic N) is 1. The van der Waals surface area contributed by atoms with E-state index in [4.69, 9.17) is 0 Å². The summed E-state index contributed by atoms with van der Waals surface area (Å²) in [5.41, 5.74) is 1.69. The Morgan fingerprint density at radius 2 is 1.72 bits per heavy atom. The van der Waals surface area contributed by atoms with Crippen LogP contribution in [-0.2, 0) is 4.79 Å². The highest BCUT2D eigenvalue weighted by molar-refractivity contribution is 5.85. The molecule has 5 aliphatic rings. The molecule has 9 atom stereocenters. The maximum absolute atomic E-state index is 13.3. The van der Waals surface area contributed by atoms with Gasteiger partial charge in [-0.1, -0.05) is 50.6 Å². The molecule has 0 spiro atoms. The molecule has 1 aliphatic heterocycles. The van der Waals surface area contributed by atoms with Crippen molar-refractivity contribution in [3.05, 3.63) is 35.9 Å². The molecular weight excluding hydrogens is 390 g/mol. The average molecular weight is 434 g/mol. The van der Waals surface area contributed by atoms with E-state index in [-0.39, 0.29) is 5.92 Å². The first-order chi connectivity index (χ1) is 15.5. The Balaban J connectivity index is 1.14. The lowest BCUT2D eigenvalue weighted by Crippen LogP contribution is -2.49. The van der Waals surface area contributed by atoms with Gasteiger partial charge in [0, 0.05) is 13.1 Å². The Morgan fingerprint density at radius 1 is 0.906 bits per heavy atom. The lowest BCUT2D eigenvalue weighted by atomic mass is 9.49. The van der Waals surface area contributed by atoms with E-state index in [1.54, 1.807) is 0 Å². The maximum Gasteiger partial charge on any atom is 0.230 e. The molecule has 4 aliphatic carbocycles. The van der Waals surface area contributed by atoms with Crippen LogP contribution in [0, 0.1) is 46.8 Å². The zero-order chi connectivity index (χ0) is 21.9. The van der Waals surface area contributed by atoms with Crippen LogP contribution in [0.1, 0.15) is 89.5 Å². The van der Waals surface area contributed by atoms with E-state index in [1.165, 1.54) is 63.4 Å². The van der Waals surface area contributed by atoms with Crippen LogP contribution in [0.15, 0.2) is 30.3 Å². The molecule has 1 saturated heterocycles. The third kappa shape index (κ3) is 3.38. The normalized spacial score (nSPS) is 45.9. The lowest BCUT2D eigenvalue weighted by Gasteiger charge is -2.56. The highest BCUT2D eigenvalue weighted by Gasteiger charge is 2.57. The predicted molar refractivity (Wildman–Crippen MR) is 130 cm³/mol. The van der Waals surface area contributed by atoms with Gasteiger partial charge in [-0.25, -0.2) is 0 Å². The summed E-state index contributed by atoms with van der Waals surface area (Å²) in [7, 11) is 0. The van der Waals surface area contributed by atoms with Crippen molar-refractivity contribution in [3.8, 4) is 0 Å². The molecule has 0 radical (unpaired) electrons. The van der Waals surface area contributed by atoms with Crippen molar-refractivity contribution in [1.82, 2.24) is 4.90 Å². The number of amides is 1. The summed E-state index contributed by atoms with van der Waals surface area (Å²) >= 11 is 0. The predicted octanol–water partition coefficient (Wildman–Crippen LogP) is 6.91. The van der Waals surface area contributed by atoms with Crippen molar-refractivity contribution in [3.63, 3.8) is 0 Å². The highest BCUT2D eigenvalue weighted by Crippen LogP contribution is 2.64. The Bertz CT molecular complexity index is 834. The van der Waals surface area contributed by atoms with Gasteiger partial charge in [-0.05, 0) is 110 Å². The van der Waals surface area contributed by atoms with Crippen molar-refractivity contribution >= 4 is 5.91 Å². The average Bonchev–Trinajstić information content (AvgIpc) is 3.34. The van der Waals surface area contributed by atoms with Crippen LogP contribution in [0.4, 0.5) is 0 Å². The second kappa shape index (κ2) is 8.17. The SMILES string of the molecule is CC1CCC2C(CCC3C2CCC2(C)C(CN4CCC(c5ccccc5)C4=O)CCC32)C1. The summed E-state index contributed by atoms with van der Waals surface area (Å²) in [6, 6.07) is 10.5. The van der Waals surface area contributed by atoms with Crippen LogP contribution < -0.4 is 0 Å².